The number of carbonyl (C=O) groups excluding carboxylic acids is 1. The summed E-state index contributed by atoms with van der Waals surface area (Å²) in [5.74, 6) is -0.0635. The molecule has 0 bridgehead atoms. The van der Waals surface area contributed by atoms with E-state index in [2.05, 4.69) is 26.6 Å². The monoisotopic (exact) mass is 314 g/mol. The predicted octanol–water partition coefficient (Wildman–Crippen LogP) is 1.60. The lowest BCUT2D eigenvalue weighted by Crippen LogP contribution is -2.38. The van der Waals surface area contributed by atoms with Crippen LogP contribution in [0.25, 0.3) is 0 Å². The minimum absolute atomic E-state index is 0.0635. The highest BCUT2D eigenvalue weighted by atomic mass is 79.9. The number of amides is 1. The molecule has 1 unspecified atom stereocenters. The summed E-state index contributed by atoms with van der Waals surface area (Å²) in [5.41, 5.74) is 0.821. The van der Waals surface area contributed by atoms with Gasteiger partial charge in [-0.25, -0.2) is 0 Å². The number of hydrogen-bond donors (Lipinski definition) is 3. The Balaban J connectivity index is 2.33. The summed E-state index contributed by atoms with van der Waals surface area (Å²) in [6.07, 6.45) is -0.616. The normalized spacial score (nSPS) is 12.5. The van der Waals surface area contributed by atoms with Gasteiger partial charge in [0.25, 0.3) is 0 Å². The summed E-state index contributed by atoms with van der Waals surface area (Å²) in [7, 11) is 0. The van der Waals surface area contributed by atoms with Crippen molar-refractivity contribution in [1.82, 2.24) is 10.6 Å². The minimum atomic E-state index is -0.616. The van der Waals surface area contributed by atoms with Gasteiger partial charge in [-0.05, 0) is 31.5 Å². The van der Waals surface area contributed by atoms with Crippen molar-refractivity contribution in [3.8, 4) is 0 Å². The van der Waals surface area contributed by atoms with E-state index in [1.165, 1.54) is 0 Å². The molecule has 5 heteroatoms. The molecule has 0 fully saturated rings. The third-order valence-corrected chi connectivity index (χ3v) is 2.80. The molecule has 0 saturated carbocycles. The van der Waals surface area contributed by atoms with Gasteiger partial charge in [0.1, 0.15) is 0 Å². The molecule has 0 aliphatic rings. The minimum Gasteiger partial charge on any atom is -0.387 e. The molecule has 1 rings (SSSR count). The van der Waals surface area contributed by atoms with Crippen molar-refractivity contribution in [2.45, 2.75) is 26.0 Å². The van der Waals surface area contributed by atoms with Crippen LogP contribution in [-0.2, 0) is 4.79 Å². The molecule has 18 heavy (non-hydrogen) atoms. The van der Waals surface area contributed by atoms with Crippen molar-refractivity contribution in [3.63, 3.8) is 0 Å². The van der Waals surface area contributed by atoms with Gasteiger partial charge < -0.3 is 15.7 Å². The Morgan fingerprint density at radius 1 is 1.44 bits per heavy atom. The molecule has 0 aliphatic carbocycles. The molecule has 1 aromatic rings. The number of halogens is 1. The van der Waals surface area contributed by atoms with Gasteiger partial charge in [0, 0.05) is 17.1 Å². The Kier molecular flexibility index (Phi) is 6.32. The summed E-state index contributed by atoms with van der Waals surface area (Å²) in [4.78, 5) is 11.4. The van der Waals surface area contributed by atoms with Gasteiger partial charge in [0.15, 0.2) is 0 Å². The number of hydrogen-bond acceptors (Lipinski definition) is 3. The van der Waals surface area contributed by atoms with Crippen molar-refractivity contribution in [2.75, 3.05) is 13.1 Å². The maximum absolute atomic E-state index is 11.4. The first-order valence-corrected chi connectivity index (χ1v) is 6.72. The molecule has 1 amide bonds. The maximum Gasteiger partial charge on any atom is 0.234 e. The van der Waals surface area contributed by atoms with Crippen LogP contribution in [0, 0.1) is 0 Å². The van der Waals surface area contributed by atoms with Crippen molar-refractivity contribution in [3.05, 3.63) is 34.3 Å². The van der Waals surface area contributed by atoms with Crippen LogP contribution in [0.2, 0.25) is 0 Å². The van der Waals surface area contributed by atoms with Crippen LogP contribution < -0.4 is 10.6 Å². The van der Waals surface area contributed by atoms with E-state index in [-0.39, 0.29) is 18.5 Å². The molecule has 100 valence electrons. The second-order valence-electron chi connectivity index (χ2n) is 4.42. The topological polar surface area (TPSA) is 61.4 Å². The first-order chi connectivity index (χ1) is 8.49. The van der Waals surface area contributed by atoms with Crippen molar-refractivity contribution in [1.29, 1.82) is 0 Å². The third-order valence-electron chi connectivity index (χ3n) is 2.31. The number of rotatable bonds is 6. The molecule has 0 aromatic heterocycles. The molecular weight excluding hydrogens is 296 g/mol. The van der Waals surface area contributed by atoms with E-state index < -0.39 is 6.10 Å². The van der Waals surface area contributed by atoms with Crippen molar-refractivity contribution in [2.24, 2.45) is 0 Å². The number of aliphatic hydroxyl groups excluding tert-OH is 1. The lowest BCUT2D eigenvalue weighted by Gasteiger charge is -2.13. The first kappa shape index (κ1) is 15.1. The van der Waals surface area contributed by atoms with E-state index in [0.717, 1.165) is 10.0 Å². The smallest absolute Gasteiger partial charge is 0.234 e. The highest BCUT2D eigenvalue weighted by Gasteiger charge is 2.08. The maximum atomic E-state index is 11.4. The standard InChI is InChI=1S/C13H19BrN2O2/c1-9(2)16-13(18)8-15-7-12(17)10-4-3-5-11(14)6-10/h3-6,9,12,15,17H,7-8H2,1-2H3,(H,16,18). The highest BCUT2D eigenvalue weighted by Crippen LogP contribution is 2.17. The molecule has 0 radical (unpaired) electrons. The van der Waals surface area contributed by atoms with Crippen LogP contribution in [0.1, 0.15) is 25.5 Å². The molecule has 3 N–H and O–H groups in total. The van der Waals surface area contributed by atoms with Gasteiger partial charge in [-0.15, -0.1) is 0 Å². The fourth-order valence-electron chi connectivity index (χ4n) is 1.53. The Labute approximate surface area is 116 Å². The number of carbonyl (C=O) groups is 1. The largest absolute Gasteiger partial charge is 0.387 e. The lowest BCUT2D eigenvalue weighted by molar-refractivity contribution is -0.120. The number of aliphatic hydroxyl groups is 1. The Morgan fingerprint density at radius 3 is 2.78 bits per heavy atom. The molecule has 0 spiro atoms. The van der Waals surface area contributed by atoms with E-state index in [1.54, 1.807) is 0 Å². The predicted molar refractivity (Wildman–Crippen MR) is 75.3 cm³/mol. The second-order valence-corrected chi connectivity index (χ2v) is 5.34. The zero-order chi connectivity index (χ0) is 13.5. The summed E-state index contributed by atoms with van der Waals surface area (Å²) in [5, 5.41) is 15.6. The Hall–Kier alpha value is -0.910. The number of nitrogens with one attached hydrogen (secondary N) is 2. The van der Waals surface area contributed by atoms with E-state index in [0.29, 0.717) is 6.54 Å². The summed E-state index contributed by atoms with van der Waals surface area (Å²) in [6, 6.07) is 7.62. The fraction of sp³-hybridized carbons (Fsp3) is 0.462. The number of benzene rings is 1. The second kappa shape index (κ2) is 7.51. The van der Waals surface area contributed by atoms with Gasteiger partial charge in [-0.2, -0.15) is 0 Å². The van der Waals surface area contributed by atoms with E-state index in [9.17, 15) is 9.90 Å². The van der Waals surface area contributed by atoms with Crippen molar-refractivity contribution < 1.29 is 9.90 Å². The summed E-state index contributed by atoms with van der Waals surface area (Å²) >= 11 is 3.35. The zero-order valence-electron chi connectivity index (χ0n) is 10.6. The molecule has 0 heterocycles. The van der Waals surface area contributed by atoms with E-state index in [1.807, 2.05) is 38.1 Å². The summed E-state index contributed by atoms with van der Waals surface area (Å²) < 4.78 is 0.927. The summed E-state index contributed by atoms with van der Waals surface area (Å²) in [6.45, 7) is 4.38. The highest BCUT2D eigenvalue weighted by molar-refractivity contribution is 9.10. The zero-order valence-corrected chi connectivity index (χ0v) is 12.2. The Morgan fingerprint density at radius 2 is 2.17 bits per heavy atom. The molecular formula is C13H19BrN2O2. The van der Waals surface area contributed by atoms with Gasteiger partial charge >= 0.3 is 0 Å². The van der Waals surface area contributed by atoms with Gasteiger partial charge in [0.05, 0.1) is 12.6 Å². The van der Waals surface area contributed by atoms with Crippen LogP contribution in [-0.4, -0.2) is 30.1 Å². The average Bonchev–Trinajstić information content (AvgIpc) is 2.27. The van der Waals surface area contributed by atoms with Crippen LogP contribution in [0.4, 0.5) is 0 Å². The van der Waals surface area contributed by atoms with Crippen molar-refractivity contribution >= 4 is 21.8 Å². The molecule has 4 nitrogen and oxygen atoms in total. The first-order valence-electron chi connectivity index (χ1n) is 5.92. The quantitative estimate of drug-likeness (QED) is 0.747. The lowest BCUT2D eigenvalue weighted by atomic mass is 10.1. The SMILES string of the molecule is CC(C)NC(=O)CNCC(O)c1cccc(Br)c1. The third kappa shape index (κ3) is 5.62. The van der Waals surface area contributed by atoms with Gasteiger partial charge in [0.2, 0.25) is 5.91 Å². The van der Waals surface area contributed by atoms with E-state index >= 15 is 0 Å². The molecule has 1 aromatic carbocycles. The average molecular weight is 315 g/mol. The van der Waals surface area contributed by atoms with Gasteiger partial charge in [-0.3, -0.25) is 4.79 Å². The molecule has 0 aliphatic heterocycles. The molecule has 0 saturated heterocycles. The van der Waals surface area contributed by atoms with E-state index in [4.69, 9.17) is 0 Å². The fourth-order valence-corrected chi connectivity index (χ4v) is 1.94. The van der Waals surface area contributed by atoms with Crippen LogP contribution in [0.15, 0.2) is 28.7 Å². The van der Waals surface area contributed by atoms with Crippen LogP contribution in [0.3, 0.4) is 0 Å². The molecule has 1 atom stereocenters. The van der Waals surface area contributed by atoms with Crippen LogP contribution in [0.5, 0.6) is 0 Å². The van der Waals surface area contributed by atoms with Crippen LogP contribution >= 0.6 is 15.9 Å². The van der Waals surface area contributed by atoms with Gasteiger partial charge in [-0.1, -0.05) is 28.1 Å². The Bertz CT molecular complexity index is 396.